The Labute approximate surface area is 132 Å². The van der Waals surface area contributed by atoms with Crippen LogP contribution in [0.4, 0.5) is 0 Å². The predicted molar refractivity (Wildman–Crippen MR) is 84.2 cm³/mol. The van der Waals surface area contributed by atoms with Gasteiger partial charge in [-0.3, -0.25) is 4.79 Å². The zero-order valence-corrected chi connectivity index (χ0v) is 13.7. The van der Waals surface area contributed by atoms with E-state index in [4.69, 9.17) is 0 Å². The first-order valence-corrected chi connectivity index (χ1v) is 8.58. The highest BCUT2D eigenvalue weighted by Crippen LogP contribution is 2.19. The van der Waals surface area contributed by atoms with Crippen LogP contribution in [-0.2, 0) is 24.3 Å². The highest BCUT2D eigenvalue weighted by molar-refractivity contribution is 5.78. The molecular formula is C16H27N5O. The highest BCUT2D eigenvalue weighted by atomic mass is 16.1. The molecule has 0 aliphatic carbocycles. The van der Waals surface area contributed by atoms with Gasteiger partial charge in [-0.25, -0.2) is 0 Å². The second-order valence-corrected chi connectivity index (χ2v) is 6.79. The van der Waals surface area contributed by atoms with Gasteiger partial charge in [-0.15, -0.1) is 10.2 Å². The third kappa shape index (κ3) is 3.32. The first-order valence-electron chi connectivity index (χ1n) is 8.58. The van der Waals surface area contributed by atoms with Crippen molar-refractivity contribution in [1.29, 1.82) is 0 Å². The van der Waals surface area contributed by atoms with E-state index in [0.29, 0.717) is 12.6 Å². The number of nitrogens with zero attached hydrogens (tertiary/aromatic N) is 4. The van der Waals surface area contributed by atoms with E-state index in [-0.39, 0.29) is 11.8 Å². The van der Waals surface area contributed by atoms with Crippen molar-refractivity contribution >= 4 is 5.91 Å². The first-order chi connectivity index (χ1) is 10.6. The molecule has 22 heavy (non-hydrogen) atoms. The minimum absolute atomic E-state index is 0.111. The molecule has 1 aromatic heterocycles. The number of piperidine rings is 1. The average molecular weight is 305 g/mol. The SMILES string of the molecule is CC(C)N1CCCC(C(=O)NCc2nnc3n2CCCC3)C1. The molecule has 6 nitrogen and oxygen atoms in total. The Morgan fingerprint density at radius 2 is 2.14 bits per heavy atom. The number of rotatable bonds is 4. The lowest BCUT2D eigenvalue weighted by Crippen LogP contribution is -2.45. The van der Waals surface area contributed by atoms with E-state index in [0.717, 1.165) is 50.5 Å². The number of hydrogen-bond donors (Lipinski definition) is 1. The number of amides is 1. The lowest BCUT2D eigenvalue weighted by molar-refractivity contribution is -0.127. The monoisotopic (exact) mass is 305 g/mol. The Morgan fingerprint density at radius 1 is 1.27 bits per heavy atom. The lowest BCUT2D eigenvalue weighted by atomic mass is 9.96. The van der Waals surface area contributed by atoms with Gasteiger partial charge in [0.15, 0.2) is 5.82 Å². The molecule has 0 aromatic carbocycles. The second-order valence-electron chi connectivity index (χ2n) is 6.79. The van der Waals surface area contributed by atoms with Gasteiger partial charge in [0.2, 0.25) is 5.91 Å². The number of likely N-dealkylation sites (tertiary alicyclic amines) is 1. The predicted octanol–water partition coefficient (Wildman–Crippen LogP) is 1.35. The maximum atomic E-state index is 12.4. The molecule has 0 spiro atoms. The minimum Gasteiger partial charge on any atom is -0.349 e. The van der Waals surface area contributed by atoms with Crippen LogP contribution in [0.2, 0.25) is 0 Å². The zero-order chi connectivity index (χ0) is 15.5. The van der Waals surface area contributed by atoms with Gasteiger partial charge >= 0.3 is 0 Å². The summed E-state index contributed by atoms with van der Waals surface area (Å²) < 4.78 is 2.17. The van der Waals surface area contributed by atoms with Crippen molar-refractivity contribution in [1.82, 2.24) is 25.0 Å². The number of aromatic nitrogens is 3. The molecule has 0 saturated carbocycles. The number of carbonyl (C=O) groups excluding carboxylic acids is 1. The molecule has 1 atom stereocenters. The largest absolute Gasteiger partial charge is 0.349 e. The second kappa shape index (κ2) is 6.77. The Hall–Kier alpha value is -1.43. The lowest BCUT2D eigenvalue weighted by Gasteiger charge is -2.34. The fourth-order valence-electron chi connectivity index (χ4n) is 3.50. The molecule has 122 valence electrons. The maximum Gasteiger partial charge on any atom is 0.224 e. The van der Waals surface area contributed by atoms with Crippen molar-refractivity contribution in [2.24, 2.45) is 5.92 Å². The van der Waals surface area contributed by atoms with Gasteiger partial charge in [0.05, 0.1) is 12.5 Å². The van der Waals surface area contributed by atoms with Crippen LogP contribution in [0.5, 0.6) is 0 Å². The van der Waals surface area contributed by atoms with Crippen molar-refractivity contribution in [3.05, 3.63) is 11.6 Å². The molecule has 6 heteroatoms. The van der Waals surface area contributed by atoms with Gasteiger partial charge in [0.25, 0.3) is 0 Å². The summed E-state index contributed by atoms with van der Waals surface area (Å²) >= 11 is 0. The Balaban J connectivity index is 1.55. The van der Waals surface area contributed by atoms with E-state index in [1.54, 1.807) is 0 Å². The quantitative estimate of drug-likeness (QED) is 0.912. The summed E-state index contributed by atoms with van der Waals surface area (Å²) in [4.78, 5) is 14.8. The molecule has 1 N–H and O–H groups in total. The molecule has 1 unspecified atom stereocenters. The Kier molecular flexibility index (Phi) is 4.76. The number of hydrogen-bond acceptors (Lipinski definition) is 4. The third-order valence-electron chi connectivity index (χ3n) is 4.91. The van der Waals surface area contributed by atoms with E-state index >= 15 is 0 Å². The summed E-state index contributed by atoms with van der Waals surface area (Å²) in [5, 5.41) is 11.6. The van der Waals surface area contributed by atoms with Crippen molar-refractivity contribution in [2.75, 3.05) is 13.1 Å². The van der Waals surface area contributed by atoms with E-state index in [9.17, 15) is 4.79 Å². The fraction of sp³-hybridized carbons (Fsp3) is 0.812. The smallest absolute Gasteiger partial charge is 0.224 e. The van der Waals surface area contributed by atoms with Gasteiger partial charge in [-0.05, 0) is 46.1 Å². The van der Waals surface area contributed by atoms with Crippen LogP contribution in [-0.4, -0.2) is 44.7 Å². The van der Waals surface area contributed by atoms with Gasteiger partial charge < -0.3 is 14.8 Å². The van der Waals surface area contributed by atoms with Crippen LogP contribution < -0.4 is 5.32 Å². The van der Waals surface area contributed by atoms with Gasteiger partial charge in [0.1, 0.15) is 5.82 Å². The molecule has 1 fully saturated rings. The third-order valence-corrected chi connectivity index (χ3v) is 4.91. The van der Waals surface area contributed by atoms with Crippen LogP contribution >= 0.6 is 0 Å². The van der Waals surface area contributed by atoms with Crippen LogP contribution in [0.3, 0.4) is 0 Å². The van der Waals surface area contributed by atoms with E-state index < -0.39 is 0 Å². The van der Waals surface area contributed by atoms with E-state index in [2.05, 4.69) is 38.8 Å². The number of aryl methyl sites for hydroxylation is 1. The molecule has 1 amide bonds. The maximum absolute atomic E-state index is 12.4. The van der Waals surface area contributed by atoms with Crippen molar-refractivity contribution in [3.63, 3.8) is 0 Å². The Morgan fingerprint density at radius 3 is 2.95 bits per heavy atom. The van der Waals surface area contributed by atoms with Crippen molar-refractivity contribution in [2.45, 2.75) is 65.1 Å². The molecule has 3 rings (SSSR count). The van der Waals surface area contributed by atoms with Crippen molar-refractivity contribution in [3.8, 4) is 0 Å². The number of fused-ring (bicyclic) bond motifs is 1. The summed E-state index contributed by atoms with van der Waals surface area (Å²) in [6.07, 6.45) is 5.48. The molecular weight excluding hydrogens is 278 g/mol. The van der Waals surface area contributed by atoms with Crippen molar-refractivity contribution < 1.29 is 4.79 Å². The normalized spacial score (nSPS) is 22.6. The van der Waals surface area contributed by atoms with E-state index in [1.165, 1.54) is 12.8 Å². The summed E-state index contributed by atoms with van der Waals surface area (Å²) in [7, 11) is 0. The first kappa shape index (κ1) is 15.5. The summed E-state index contributed by atoms with van der Waals surface area (Å²) in [5.74, 6) is 2.25. The molecule has 2 aliphatic heterocycles. The van der Waals surface area contributed by atoms with Gasteiger partial charge in [0, 0.05) is 25.6 Å². The highest BCUT2D eigenvalue weighted by Gasteiger charge is 2.27. The Bertz CT molecular complexity index is 525. The van der Waals surface area contributed by atoms with Crippen LogP contribution in [0, 0.1) is 5.92 Å². The average Bonchev–Trinajstić information content (AvgIpc) is 2.96. The van der Waals surface area contributed by atoms with Crippen LogP contribution in [0.15, 0.2) is 0 Å². The molecule has 0 radical (unpaired) electrons. The summed E-state index contributed by atoms with van der Waals surface area (Å²) in [5.41, 5.74) is 0. The van der Waals surface area contributed by atoms with Gasteiger partial charge in [-0.1, -0.05) is 0 Å². The topological polar surface area (TPSA) is 63.1 Å². The zero-order valence-electron chi connectivity index (χ0n) is 13.7. The summed E-state index contributed by atoms with van der Waals surface area (Å²) in [6, 6.07) is 0.513. The molecule has 1 aromatic rings. The molecule has 0 bridgehead atoms. The fourth-order valence-corrected chi connectivity index (χ4v) is 3.50. The minimum atomic E-state index is 0.111. The van der Waals surface area contributed by atoms with Gasteiger partial charge in [-0.2, -0.15) is 0 Å². The van der Waals surface area contributed by atoms with E-state index in [1.807, 2.05) is 0 Å². The standard InChI is InChI=1S/C16H27N5O/c1-12(2)20-8-5-6-13(11-20)16(22)17-10-15-19-18-14-7-3-4-9-21(14)15/h12-13H,3-11H2,1-2H3,(H,17,22). The number of nitrogens with one attached hydrogen (secondary N) is 1. The summed E-state index contributed by atoms with van der Waals surface area (Å²) in [6.45, 7) is 7.87. The molecule has 3 heterocycles. The van der Waals surface area contributed by atoms with Crippen LogP contribution in [0.25, 0.3) is 0 Å². The molecule has 2 aliphatic rings. The van der Waals surface area contributed by atoms with Crippen LogP contribution in [0.1, 0.15) is 51.2 Å². The molecule has 1 saturated heterocycles. The number of carbonyl (C=O) groups is 1.